The predicted molar refractivity (Wildman–Crippen MR) is 78.9 cm³/mol. The Morgan fingerprint density at radius 1 is 1.37 bits per heavy atom. The van der Waals surface area contributed by atoms with Crippen LogP contribution in [0.15, 0.2) is 36.5 Å². The largest absolute Gasteiger partial charge is 0.465 e. The first kappa shape index (κ1) is 15.7. The fourth-order valence-electron chi connectivity index (χ4n) is 2.46. The van der Waals surface area contributed by atoms with Gasteiger partial charge in [-0.05, 0) is 45.4 Å². The zero-order chi connectivity index (χ0) is 14.1. The van der Waals surface area contributed by atoms with Gasteiger partial charge in [-0.1, -0.05) is 37.3 Å². The first-order chi connectivity index (χ1) is 9.24. The molecule has 0 aromatic carbocycles. The summed E-state index contributed by atoms with van der Waals surface area (Å²) in [5.74, 6) is -0.157. The van der Waals surface area contributed by atoms with Crippen molar-refractivity contribution in [2.45, 2.75) is 39.2 Å². The van der Waals surface area contributed by atoms with Crippen LogP contribution in [0, 0.1) is 0 Å². The number of allylic oxidation sites excluding steroid dienone is 3. The highest BCUT2D eigenvalue weighted by molar-refractivity contribution is 5.80. The van der Waals surface area contributed by atoms with Crippen LogP contribution in [-0.2, 0) is 9.53 Å². The Morgan fingerprint density at radius 2 is 2.05 bits per heavy atom. The van der Waals surface area contributed by atoms with Gasteiger partial charge in [0.1, 0.15) is 6.04 Å². The molecule has 0 N–H and O–H groups in total. The Morgan fingerprint density at radius 3 is 2.58 bits per heavy atom. The molecule has 0 bridgehead atoms. The smallest absolute Gasteiger partial charge is 0.327 e. The lowest BCUT2D eigenvalue weighted by molar-refractivity contribution is -0.148. The Balaban J connectivity index is 2.97. The number of likely N-dealkylation sites (tertiary alicyclic amines) is 1. The maximum absolute atomic E-state index is 12.3. The van der Waals surface area contributed by atoms with Gasteiger partial charge in [0.25, 0.3) is 0 Å². The molecule has 1 saturated heterocycles. The molecule has 0 amide bonds. The van der Waals surface area contributed by atoms with Crippen molar-refractivity contribution in [3.8, 4) is 0 Å². The second-order valence-electron chi connectivity index (χ2n) is 4.65. The Labute approximate surface area is 116 Å². The molecule has 1 rings (SSSR count). The van der Waals surface area contributed by atoms with Crippen molar-refractivity contribution in [2.75, 3.05) is 19.7 Å². The van der Waals surface area contributed by atoms with Crippen molar-refractivity contribution in [2.24, 2.45) is 0 Å². The average molecular weight is 263 g/mol. The molecule has 0 saturated carbocycles. The van der Waals surface area contributed by atoms with Gasteiger partial charge in [0.15, 0.2) is 0 Å². The zero-order valence-electron chi connectivity index (χ0n) is 12.1. The molecule has 3 heteroatoms. The minimum Gasteiger partial charge on any atom is -0.465 e. The molecule has 1 aliphatic heterocycles. The average Bonchev–Trinajstić information content (AvgIpc) is 2.41. The number of ether oxygens (including phenoxy) is 1. The Hall–Kier alpha value is -1.35. The molecule has 0 radical (unpaired) electrons. The number of esters is 1. The summed E-state index contributed by atoms with van der Waals surface area (Å²) >= 11 is 0. The highest BCUT2D eigenvalue weighted by atomic mass is 16.5. The monoisotopic (exact) mass is 263 g/mol. The summed E-state index contributed by atoms with van der Waals surface area (Å²) in [6, 6.07) is -0.297. The quantitative estimate of drug-likeness (QED) is 0.545. The number of piperidine rings is 1. The van der Waals surface area contributed by atoms with Crippen molar-refractivity contribution in [3.63, 3.8) is 0 Å². The molecule has 106 valence electrons. The maximum Gasteiger partial charge on any atom is 0.327 e. The lowest BCUT2D eigenvalue weighted by Gasteiger charge is -2.33. The molecule has 3 nitrogen and oxygen atoms in total. The van der Waals surface area contributed by atoms with Gasteiger partial charge >= 0.3 is 5.97 Å². The number of carbonyl (C=O) groups excluding carboxylic acids is 1. The standard InChI is InChI=1S/C16H25NO2/c1-4-10-14(11-5-2)15(16(18)19-6-3)17-12-8-7-9-13-17/h4-5,10-11,15H,1,6-9,12-13H2,2-3H3/b11-5-,14-10+. The molecule has 0 aromatic rings. The third kappa shape index (κ3) is 4.67. The van der Waals surface area contributed by atoms with Gasteiger partial charge in [0.05, 0.1) is 6.61 Å². The van der Waals surface area contributed by atoms with Crippen molar-refractivity contribution in [3.05, 3.63) is 36.5 Å². The second kappa shape index (κ2) is 8.70. The van der Waals surface area contributed by atoms with Gasteiger partial charge in [-0.15, -0.1) is 0 Å². The van der Waals surface area contributed by atoms with E-state index >= 15 is 0 Å². The SMILES string of the molecule is C=C/C=C(\C=C/C)C(C(=O)OCC)N1CCCCC1. The normalized spacial score (nSPS) is 19.4. The number of rotatable bonds is 6. The second-order valence-corrected chi connectivity index (χ2v) is 4.65. The highest BCUT2D eigenvalue weighted by Crippen LogP contribution is 2.20. The van der Waals surface area contributed by atoms with E-state index in [2.05, 4.69) is 11.5 Å². The van der Waals surface area contributed by atoms with Gasteiger partial charge in [-0.3, -0.25) is 4.90 Å². The number of hydrogen-bond donors (Lipinski definition) is 0. The van der Waals surface area contributed by atoms with E-state index in [0.29, 0.717) is 6.61 Å². The third-order valence-corrected chi connectivity index (χ3v) is 3.25. The van der Waals surface area contributed by atoms with Gasteiger partial charge in [-0.25, -0.2) is 4.79 Å². The van der Waals surface area contributed by atoms with Crippen molar-refractivity contribution in [1.82, 2.24) is 4.90 Å². The van der Waals surface area contributed by atoms with E-state index < -0.39 is 0 Å². The van der Waals surface area contributed by atoms with E-state index in [-0.39, 0.29) is 12.0 Å². The van der Waals surface area contributed by atoms with Crippen LogP contribution >= 0.6 is 0 Å². The number of nitrogens with zero attached hydrogens (tertiary/aromatic N) is 1. The summed E-state index contributed by atoms with van der Waals surface area (Å²) in [6.07, 6.45) is 11.1. The summed E-state index contributed by atoms with van der Waals surface area (Å²) in [5, 5.41) is 0. The van der Waals surface area contributed by atoms with E-state index in [4.69, 9.17) is 4.74 Å². The van der Waals surface area contributed by atoms with E-state index in [1.54, 1.807) is 6.08 Å². The molecular weight excluding hydrogens is 238 g/mol. The van der Waals surface area contributed by atoms with E-state index in [0.717, 1.165) is 31.5 Å². The molecule has 0 spiro atoms. The van der Waals surface area contributed by atoms with E-state index in [9.17, 15) is 4.79 Å². The summed E-state index contributed by atoms with van der Waals surface area (Å²) in [5.41, 5.74) is 0.956. The fourth-order valence-corrected chi connectivity index (χ4v) is 2.46. The first-order valence-electron chi connectivity index (χ1n) is 7.10. The van der Waals surface area contributed by atoms with Gasteiger partial charge < -0.3 is 4.74 Å². The molecule has 1 fully saturated rings. The topological polar surface area (TPSA) is 29.5 Å². The summed E-state index contributed by atoms with van der Waals surface area (Å²) < 4.78 is 5.24. The molecule has 1 unspecified atom stereocenters. The predicted octanol–water partition coefficient (Wildman–Crippen LogP) is 3.09. The van der Waals surface area contributed by atoms with Crippen LogP contribution in [0.1, 0.15) is 33.1 Å². The van der Waals surface area contributed by atoms with Crippen LogP contribution < -0.4 is 0 Å². The molecule has 0 aromatic heterocycles. The maximum atomic E-state index is 12.3. The van der Waals surface area contributed by atoms with Gasteiger partial charge in [0.2, 0.25) is 0 Å². The number of carbonyl (C=O) groups is 1. The number of hydrogen-bond acceptors (Lipinski definition) is 3. The van der Waals surface area contributed by atoms with Crippen LogP contribution in [0.5, 0.6) is 0 Å². The first-order valence-corrected chi connectivity index (χ1v) is 7.10. The lowest BCUT2D eigenvalue weighted by Crippen LogP contribution is -2.45. The lowest BCUT2D eigenvalue weighted by atomic mass is 10.0. The van der Waals surface area contributed by atoms with E-state index in [1.165, 1.54) is 6.42 Å². The van der Waals surface area contributed by atoms with Gasteiger partial charge in [-0.2, -0.15) is 0 Å². The highest BCUT2D eigenvalue weighted by Gasteiger charge is 2.30. The van der Waals surface area contributed by atoms with Crippen LogP contribution in [0.3, 0.4) is 0 Å². The minimum absolute atomic E-state index is 0.157. The zero-order valence-corrected chi connectivity index (χ0v) is 12.1. The Kier molecular flexibility index (Phi) is 7.19. The summed E-state index contributed by atoms with van der Waals surface area (Å²) in [7, 11) is 0. The van der Waals surface area contributed by atoms with Crippen LogP contribution in [0.25, 0.3) is 0 Å². The van der Waals surface area contributed by atoms with E-state index in [1.807, 2.05) is 32.1 Å². The van der Waals surface area contributed by atoms with Gasteiger partial charge in [0, 0.05) is 0 Å². The molecule has 19 heavy (non-hydrogen) atoms. The molecule has 0 aliphatic carbocycles. The Bertz CT molecular complexity index is 352. The molecule has 1 atom stereocenters. The van der Waals surface area contributed by atoms with Crippen LogP contribution in [0.2, 0.25) is 0 Å². The van der Waals surface area contributed by atoms with Crippen molar-refractivity contribution in [1.29, 1.82) is 0 Å². The third-order valence-electron chi connectivity index (χ3n) is 3.25. The van der Waals surface area contributed by atoms with Crippen LogP contribution in [0.4, 0.5) is 0 Å². The van der Waals surface area contributed by atoms with Crippen molar-refractivity contribution >= 4 is 5.97 Å². The molecule has 1 aliphatic rings. The summed E-state index contributed by atoms with van der Waals surface area (Å²) in [4.78, 5) is 14.5. The van der Waals surface area contributed by atoms with Crippen molar-refractivity contribution < 1.29 is 9.53 Å². The fraction of sp³-hybridized carbons (Fsp3) is 0.562. The molecular formula is C16H25NO2. The minimum atomic E-state index is -0.297. The van der Waals surface area contributed by atoms with Crippen LogP contribution in [-0.4, -0.2) is 36.6 Å². The summed E-state index contributed by atoms with van der Waals surface area (Å²) in [6.45, 7) is 9.86. The molecule has 1 heterocycles.